The molecule has 214 valence electrons. The Morgan fingerprint density at radius 3 is 2.46 bits per heavy atom. The van der Waals surface area contributed by atoms with Crippen molar-refractivity contribution in [3.8, 4) is 0 Å². The smallest absolute Gasteiger partial charge is 0.407 e. The van der Waals surface area contributed by atoms with E-state index in [9.17, 15) is 14.4 Å². The summed E-state index contributed by atoms with van der Waals surface area (Å²) in [7, 11) is 1.66. The van der Waals surface area contributed by atoms with E-state index in [1.54, 1.807) is 19.2 Å². The summed E-state index contributed by atoms with van der Waals surface area (Å²) in [5.41, 5.74) is 2.15. The molecule has 3 fully saturated rings. The van der Waals surface area contributed by atoms with E-state index in [4.69, 9.17) is 18.9 Å². The van der Waals surface area contributed by atoms with Gasteiger partial charge in [-0.15, -0.1) is 0 Å². The largest absolute Gasteiger partial charge is 0.443 e. The number of ketones is 1. The van der Waals surface area contributed by atoms with E-state index in [0.717, 1.165) is 18.4 Å². The van der Waals surface area contributed by atoms with Gasteiger partial charge in [-0.25, -0.2) is 4.79 Å². The summed E-state index contributed by atoms with van der Waals surface area (Å²) in [5.74, 6) is -0.0753. The highest BCUT2D eigenvalue weighted by Gasteiger charge is 2.72. The van der Waals surface area contributed by atoms with Gasteiger partial charge < -0.3 is 34.4 Å². The van der Waals surface area contributed by atoms with E-state index in [1.165, 1.54) is 12.5 Å². The molecule has 1 aliphatic carbocycles. The highest BCUT2D eigenvalue weighted by atomic mass is 16.6. The minimum atomic E-state index is -0.501. The van der Waals surface area contributed by atoms with Gasteiger partial charge in [0.15, 0.2) is 0 Å². The van der Waals surface area contributed by atoms with Crippen LogP contribution in [0.1, 0.15) is 71.8 Å². The van der Waals surface area contributed by atoms with Crippen molar-refractivity contribution in [1.29, 1.82) is 0 Å². The zero-order valence-corrected chi connectivity index (χ0v) is 23.7. The lowest BCUT2D eigenvalue weighted by Crippen LogP contribution is -2.56. The van der Waals surface area contributed by atoms with Crippen LogP contribution in [0.4, 0.5) is 10.5 Å². The van der Waals surface area contributed by atoms with Crippen molar-refractivity contribution in [3.05, 3.63) is 41.5 Å². The number of nitrogens with one attached hydrogen (secondary N) is 2. The third kappa shape index (κ3) is 7.26. The van der Waals surface area contributed by atoms with Crippen molar-refractivity contribution in [2.75, 3.05) is 19.0 Å². The van der Waals surface area contributed by atoms with E-state index in [-0.39, 0.29) is 47.6 Å². The SMILES string of the molecule is CO[C@H]1[C@@H](OC(=O)NCc2ccc(NC(=O)CCCC(C)=O)cc2)CC[C@@]2(CO2)[C@@H]1C1(C)O[C@H]1CC=C(C)C. The second-order valence-electron chi connectivity index (χ2n) is 11.5. The fourth-order valence-corrected chi connectivity index (χ4v) is 5.85. The molecule has 3 aliphatic rings. The van der Waals surface area contributed by atoms with E-state index >= 15 is 0 Å². The standard InChI is InChI=1S/C30H42N2O7/c1-19(2)9-14-24-29(4,39-24)27-26(36-5)23(15-16-30(27)18-37-30)38-28(35)31-17-21-10-12-22(13-11-21)32-25(34)8-6-7-20(3)33/h9-13,23-24,26-27H,6-8,14-18H2,1-5H3,(H,31,35)(H,32,34)/t23-,24-,26-,27-,29?,30+/m0/s1. The van der Waals surface area contributed by atoms with Crippen molar-refractivity contribution in [2.45, 2.75) is 102 Å². The molecule has 0 bridgehead atoms. The lowest BCUT2D eigenvalue weighted by molar-refractivity contribution is -0.118. The number of anilines is 1. The molecule has 2 heterocycles. The molecule has 6 atom stereocenters. The highest BCUT2D eigenvalue weighted by molar-refractivity contribution is 5.91. The van der Waals surface area contributed by atoms with Gasteiger partial charge in [-0.3, -0.25) is 4.79 Å². The monoisotopic (exact) mass is 542 g/mol. The van der Waals surface area contributed by atoms with Crippen LogP contribution in [0.5, 0.6) is 0 Å². The first kappa shape index (κ1) is 29.2. The predicted octanol–water partition coefficient (Wildman–Crippen LogP) is 4.69. The van der Waals surface area contributed by atoms with E-state index in [2.05, 4.69) is 37.5 Å². The second-order valence-corrected chi connectivity index (χ2v) is 11.5. The number of benzene rings is 1. The van der Waals surface area contributed by atoms with Crippen molar-refractivity contribution in [3.63, 3.8) is 0 Å². The Morgan fingerprint density at radius 2 is 1.85 bits per heavy atom. The first-order valence-corrected chi connectivity index (χ1v) is 13.9. The first-order valence-electron chi connectivity index (χ1n) is 13.9. The molecule has 1 aromatic rings. The highest BCUT2D eigenvalue weighted by Crippen LogP contribution is 2.59. The van der Waals surface area contributed by atoms with Gasteiger partial charge in [-0.05, 0) is 71.1 Å². The van der Waals surface area contributed by atoms with Crippen LogP contribution < -0.4 is 10.6 Å². The third-order valence-corrected chi connectivity index (χ3v) is 8.10. The zero-order valence-electron chi connectivity index (χ0n) is 23.7. The number of allylic oxidation sites excluding steroid dienone is 1. The van der Waals surface area contributed by atoms with Crippen molar-refractivity contribution in [1.82, 2.24) is 5.32 Å². The van der Waals surface area contributed by atoms with E-state index in [1.807, 2.05) is 12.1 Å². The summed E-state index contributed by atoms with van der Waals surface area (Å²) in [4.78, 5) is 35.8. The molecule has 2 amide bonds. The fraction of sp³-hybridized carbons (Fsp3) is 0.633. The Kier molecular flexibility index (Phi) is 9.14. The van der Waals surface area contributed by atoms with Gasteiger partial charge in [0.2, 0.25) is 5.91 Å². The van der Waals surface area contributed by atoms with Gasteiger partial charge in [0.1, 0.15) is 29.2 Å². The molecule has 1 spiro atoms. The molecule has 1 saturated carbocycles. The van der Waals surface area contributed by atoms with Crippen LogP contribution >= 0.6 is 0 Å². The Balaban J connectivity index is 1.28. The molecular formula is C30H42N2O7. The van der Waals surface area contributed by atoms with Gasteiger partial charge in [-0.1, -0.05) is 23.8 Å². The number of hydrogen-bond donors (Lipinski definition) is 2. The average molecular weight is 543 g/mol. The molecule has 2 N–H and O–H groups in total. The number of amides is 2. The predicted molar refractivity (Wildman–Crippen MR) is 146 cm³/mol. The van der Waals surface area contributed by atoms with Crippen LogP contribution in [0.3, 0.4) is 0 Å². The van der Waals surface area contributed by atoms with Crippen LogP contribution in [0, 0.1) is 5.92 Å². The lowest BCUT2D eigenvalue weighted by Gasteiger charge is -2.42. The number of carbonyl (C=O) groups excluding carboxylic acids is 3. The first-order chi connectivity index (χ1) is 18.6. The van der Waals surface area contributed by atoms with Crippen molar-refractivity contribution < 1.29 is 33.3 Å². The molecule has 9 nitrogen and oxygen atoms in total. The summed E-state index contributed by atoms with van der Waals surface area (Å²) < 4.78 is 24.0. The molecule has 2 saturated heterocycles. The number of methoxy groups -OCH3 is 1. The van der Waals surface area contributed by atoms with Crippen LogP contribution in [0.25, 0.3) is 0 Å². The van der Waals surface area contributed by atoms with Crippen LogP contribution in [0.2, 0.25) is 0 Å². The summed E-state index contributed by atoms with van der Waals surface area (Å²) in [5, 5.41) is 5.65. The molecule has 1 aromatic carbocycles. The molecule has 0 aromatic heterocycles. The molecule has 2 aliphatic heterocycles. The molecule has 9 heteroatoms. The molecular weight excluding hydrogens is 500 g/mol. The van der Waals surface area contributed by atoms with Gasteiger partial charge in [-0.2, -0.15) is 0 Å². The third-order valence-electron chi connectivity index (χ3n) is 8.10. The second kappa shape index (κ2) is 12.2. The van der Waals surface area contributed by atoms with Gasteiger partial charge in [0.05, 0.1) is 18.6 Å². The lowest BCUT2D eigenvalue weighted by atomic mass is 9.68. The zero-order chi connectivity index (χ0) is 28.2. The van der Waals surface area contributed by atoms with Gasteiger partial charge in [0.25, 0.3) is 0 Å². The topological polar surface area (TPSA) is 119 Å². The van der Waals surface area contributed by atoms with Gasteiger partial charge >= 0.3 is 6.09 Å². The summed E-state index contributed by atoms with van der Waals surface area (Å²) in [6.45, 7) is 8.78. The summed E-state index contributed by atoms with van der Waals surface area (Å²) in [6.07, 6.45) is 4.60. The van der Waals surface area contributed by atoms with Crippen molar-refractivity contribution >= 4 is 23.5 Å². The number of carbonyl (C=O) groups is 3. The number of epoxide rings is 2. The number of hydrogen-bond acceptors (Lipinski definition) is 7. The number of rotatable bonds is 12. The van der Waals surface area contributed by atoms with Gasteiger partial charge in [0, 0.05) is 32.2 Å². The fourth-order valence-electron chi connectivity index (χ4n) is 5.85. The van der Waals surface area contributed by atoms with Crippen LogP contribution in [0.15, 0.2) is 35.9 Å². The minimum absolute atomic E-state index is 0.0256. The number of alkyl carbamates (subject to hydrolysis) is 1. The maximum absolute atomic E-state index is 12.8. The number of ether oxygens (including phenoxy) is 4. The Morgan fingerprint density at radius 1 is 1.13 bits per heavy atom. The molecule has 39 heavy (non-hydrogen) atoms. The quantitative estimate of drug-likeness (QED) is 0.291. The average Bonchev–Trinajstić information content (AvgIpc) is 3.80. The molecule has 0 radical (unpaired) electrons. The maximum atomic E-state index is 12.8. The molecule has 4 rings (SSSR count). The summed E-state index contributed by atoms with van der Waals surface area (Å²) >= 11 is 0. The molecule has 1 unspecified atom stereocenters. The van der Waals surface area contributed by atoms with E-state index in [0.29, 0.717) is 38.0 Å². The van der Waals surface area contributed by atoms with Crippen molar-refractivity contribution in [2.24, 2.45) is 5.92 Å². The maximum Gasteiger partial charge on any atom is 0.407 e. The Hall–Kier alpha value is -2.75. The Bertz CT molecular complexity index is 1080. The van der Waals surface area contributed by atoms with Crippen LogP contribution in [-0.4, -0.2) is 61.0 Å². The van der Waals surface area contributed by atoms with Crippen LogP contribution in [-0.2, 0) is 35.1 Å². The Labute approximate surface area is 231 Å². The summed E-state index contributed by atoms with van der Waals surface area (Å²) in [6, 6.07) is 7.25. The minimum Gasteiger partial charge on any atom is -0.443 e. The number of Topliss-reactive ketones (excluding diaryl/α,β-unsaturated/α-hetero) is 1. The normalized spacial score (nSPS) is 30.8. The van der Waals surface area contributed by atoms with E-state index < -0.39 is 12.2 Å².